The summed E-state index contributed by atoms with van der Waals surface area (Å²) in [5, 5.41) is 7.19. The molecule has 1 aromatic heterocycles. The van der Waals surface area contributed by atoms with Crippen molar-refractivity contribution in [1.82, 2.24) is 15.2 Å². The van der Waals surface area contributed by atoms with E-state index in [1.165, 1.54) is 42.1 Å². The zero-order valence-electron chi connectivity index (χ0n) is 10.6. The maximum absolute atomic E-state index is 12.1. The fraction of sp³-hybridized carbons (Fsp3) is 0.357. The molecular weight excluding hydrogens is 258 g/mol. The summed E-state index contributed by atoms with van der Waals surface area (Å²) in [6.07, 6.45) is 6.20. The number of hydrogen-bond acceptors (Lipinski definition) is 4. The number of aromatic amines is 1. The van der Waals surface area contributed by atoms with Gasteiger partial charge < -0.3 is 0 Å². The van der Waals surface area contributed by atoms with Crippen LogP contribution in [0, 0.1) is 0 Å². The monoisotopic (exact) mass is 273 g/mol. The van der Waals surface area contributed by atoms with Gasteiger partial charge in [0.2, 0.25) is 0 Å². The molecule has 0 fully saturated rings. The average Bonchev–Trinajstić information content (AvgIpc) is 2.97. The third-order valence-corrected chi connectivity index (χ3v) is 4.28. The Morgan fingerprint density at radius 2 is 2.11 bits per heavy atom. The van der Waals surface area contributed by atoms with Crippen LogP contribution in [0.5, 0.6) is 0 Å². The number of fused-ring (bicyclic) bond motifs is 1. The van der Waals surface area contributed by atoms with Crippen LogP contribution in [0.4, 0.5) is 0 Å². The Morgan fingerprint density at radius 3 is 2.89 bits per heavy atom. The number of carbonyl (C=O) groups excluding carboxylic acids is 1. The SMILES string of the molecule is O=C(CSc1ncn[nH]1)c1ccc2c(c1)CCCC2. The van der Waals surface area contributed by atoms with Crippen LogP contribution in [0.15, 0.2) is 29.7 Å². The Bertz CT molecular complexity index is 580. The fourth-order valence-corrected chi connectivity index (χ4v) is 3.06. The largest absolute Gasteiger partial charge is 0.293 e. The van der Waals surface area contributed by atoms with Crippen molar-refractivity contribution in [2.75, 3.05) is 5.75 Å². The van der Waals surface area contributed by atoms with Crippen LogP contribution in [0.1, 0.15) is 34.3 Å². The van der Waals surface area contributed by atoms with Gasteiger partial charge in [0, 0.05) is 5.56 Å². The summed E-state index contributed by atoms with van der Waals surface area (Å²) in [6.45, 7) is 0. The molecule has 1 aromatic carbocycles. The molecule has 0 amide bonds. The van der Waals surface area contributed by atoms with Crippen molar-refractivity contribution in [3.05, 3.63) is 41.2 Å². The van der Waals surface area contributed by atoms with Crippen LogP contribution in [-0.2, 0) is 12.8 Å². The highest BCUT2D eigenvalue weighted by Crippen LogP contribution is 2.23. The Kier molecular flexibility index (Phi) is 3.64. The van der Waals surface area contributed by atoms with E-state index in [-0.39, 0.29) is 5.78 Å². The van der Waals surface area contributed by atoms with E-state index >= 15 is 0 Å². The summed E-state index contributed by atoms with van der Waals surface area (Å²) in [4.78, 5) is 16.1. The number of Topliss-reactive ketones (excluding diaryl/α,β-unsaturated/α-hetero) is 1. The summed E-state index contributed by atoms with van der Waals surface area (Å²) in [5.74, 6) is 0.545. The molecule has 2 aromatic rings. The molecule has 3 rings (SSSR count). The summed E-state index contributed by atoms with van der Waals surface area (Å²) in [6, 6.07) is 6.13. The second kappa shape index (κ2) is 5.57. The van der Waals surface area contributed by atoms with E-state index in [0.29, 0.717) is 10.9 Å². The van der Waals surface area contributed by atoms with Crippen LogP contribution in [0.3, 0.4) is 0 Å². The third kappa shape index (κ3) is 2.87. The van der Waals surface area contributed by atoms with Crippen LogP contribution in [0.2, 0.25) is 0 Å². The molecule has 1 N–H and O–H groups in total. The third-order valence-electron chi connectivity index (χ3n) is 3.40. The van der Waals surface area contributed by atoms with E-state index in [4.69, 9.17) is 0 Å². The van der Waals surface area contributed by atoms with Gasteiger partial charge in [-0.15, -0.1) is 0 Å². The second-order valence-electron chi connectivity index (χ2n) is 4.69. The van der Waals surface area contributed by atoms with Crippen LogP contribution in [0.25, 0.3) is 0 Å². The lowest BCUT2D eigenvalue weighted by molar-refractivity contribution is 0.102. The first-order valence-corrected chi connectivity index (χ1v) is 7.44. The summed E-state index contributed by atoms with van der Waals surface area (Å²) in [5.41, 5.74) is 3.57. The maximum Gasteiger partial charge on any atom is 0.183 e. The van der Waals surface area contributed by atoms with E-state index in [0.717, 1.165) is 18.4 Å². The lowest BCUT2D eigenvalue weighted by Crippen LogP contribution is -2.07. The Morgan fingerprint density at radius 1 is 1.26 bits per heavy atom. The van der Waals surface area contributed by atoms with Gasteiger partial charge in [-0.1, -0.05) is 23.9 Å². The molecule has 0 atom stereocenters. The molecule has 19 heavy (non-hydrogen) atoms. The number of aromatic nitrogens is 3. The molecule has 0 aliphatic heterocycles. The normalized spacial score (nSPS) is 14.1. The number of ketones is 1. The molecule has 0 saturated heterocycles. The topological polar surface area (TPSA) is 58.6 Å². The fourth-order valence-electron chi connectivity index (χ4n) is 2.39. The van der Waals surface area contributed by atoms with Gasteiger partial charge in [-0.3, -0.25) is 9.89 Å². The number of aryl methyl sites for hydroxylation is 2. The second-order valence-corrected chi connectivity index (χ2v) is 5.66. The number of nitrogens with one attached hydrogen (secondary N) is 1. The zero-order valence-corrected chi connectivity index (χ0v) is 11.4. The number of hydrogen-bond donors (Lipinski definition) is 1. The van der Waals surface area contributed by atoms with Gasteiger partial charge in [0.05, 0.1) is 5.75 Å². The molecule has 98 valence electrons. The molecule has 5 heteroatoms. The van der Waals surface area contributed by atoms with Crippen molar-refractivity contribution in [2.24, 2.45) is 0 Å². The minimum atomic E-state index is 0.148. The van der Waals surface area contributed by atoms with Crippen molar-refractivity contribution in [1.29, 1.82) is 0 Å². The highest BCUT2D eigenvalue weighted by atomic mass is 32.2. The number of benzene rings is 1. The van der Waals surface area contributed by atoms with Gasteiger partial charge >= 0.3 is 0 Å². The number of nitrogens with zero attached hydrogens (tertiary/aromatic N) is 2. The van der Waals surface area contributed by atoms with Crippen molar-refractivity contribution >= 4 is 17.5 Å². The molecule has 1 aliphatic carbocycles. The van der Waals surface area contributed by atoms with Gasteiger partial charge in [-0.05, 0) is 42.9 Å². The first-order valence-electron chi connectivity index (χ1n) is 6.46. The molecular formula is C14H15N3OS. The molecule has 0 bridgehead atoms. The molecule has 0 saturated carbocycles. The van der Waals surface area contributed by atoms with E-state index in [2.05, 4.69) is 27.3 Å². The maximum atomic E-state index is 12.1. The first-order chi connectivity index (χ1) is 9.33. The standard InChI is InChI=1S/C14H15N3OS/c18-13(8-19-14-15-9-16-17-14)12-6-5-10-3-1-2-4-11(10)7-12/h5-7,9H,1-4,8H2,(H,15,16,17). The van der Waals surface area contributed by atoms with Crippen molar-refractivity contribution < 1.29 is 4.79 Å². The zero-order chi connectivity index (χ0) is 13.1. The van der Waals surface area contributed by atoms with Crippen molar-refractivity contribution in [3.63, 3.8) is 0 Å². The summed E-state index contributed by atoms with van der Waals surface area (Å²) < 4.78 is 0. The van der Waals surface area contributed by atoms with E-state index in [9.17, 15) is 4.79 Å². The van der Waals surface area contributed by atoms with E-state index < -0.39 is 0 Å². The Balaban J connectivity index is 1.69. The summed E-state index contributed by atoms with van der Waals surface area (Å²) in [7, 11) is 0. The summed E-state index contributed by atoms with van der Waals surface area (Å²) >= 11 is 1.39. The average molecular weight is 273 g/mol. The van der Waals surface area contributed by atoms with Crippen LogP contribution in [-0.4, -0.2) is 26.7 Å². The lowest BCUT2D eigenvalue weighted by Gasteiger charge is -2.16. The number of carbonyl (C=O) groups is 1. The van der Waals surface area contributed by atoms with Gasteiger partial charge in [0.25, 0.3) is 0 Å². The lowest BCUT2D eigenvalue weighted by atomic mass is 9.90. The highest BCUT2D eigenvalue weighted by molar-refractivity contribution is 7.99. The van der Waals surface area contributed by atoms with Crippen molar-refractivity contribution in [2.45, 2.75) is 30.8 Å². The molecule has 1 aliphatic rings. The molecule has 4 nitrogen and oxygen atoms in total. The quantitative estimate of drug-likeness (QED) is 0.687. The highest BCUT2D eigenvalue weighted by Gasteiger charge is 2.13. The molecule has 0 unspecified atom stereocenters. The minimum Gasteiger partial charge on any atom is -0.293 e. The van der Waals surface area contributed by atoms with Gasteiger partial charge in [0.15, 0.2) is 10.9 Å². The molecule has 1 heterocycles. The van der Waals surface area contributed by atoms with Gasteiger partial charge in [0.1, 0.15) is 6.33 Å². The first kappa shape index (κ1) is 12.4. The smallest absolute Gasteiger partial charge is 0.183 e. The van der Waals surface area contributed by atoms with Crippen LogP contribution < -0.4 is 0 Å². The van der Waals surface area contributed by atoms with Crippen LogP contribution >= 0.6 is 11.8 Å². The van der Waals surface area contributed by atoms with E-state index in [1.807, 2.05) is 6.07 Å². The van der Waals surface area contributed by atoms with Gasteiger partial charge in [-0.2, -0.15) is 5.10 Å². The van der Waals surface area contributed by atoms with E-state index in [1.54, 1.807) is 0 Å². The van der Waals surface area contributed by atoms with Gasteiger partial charge in [-0.25, -0.2) is 4.98 Å². The predicted molar refractivity (Wildman–Crippen MR) is 74.5 cm³/mol. The predicted octanol–water partition coefficient (Wildman–Crippen LogP) is 2.66. The Hall–Kier alpha value is -1.62. The number of rotatable bonds is 4. The van der Waals surface area contributed by atoms with Crippen molar-refractivity contribution in [3.8, 4) is 0 Å². The minimum absolute atomic E-state index is 0.148. The number of thioether (sulfide) groups is 1. The number of H-pyrrole nitrogens is 1. The molecule has 0 radical (unpaired) electrons. The molecule has 0 spiro atoms. The Labute approximate surface area is 116 Å².